The first-order valence-corrected chi connectivity index (χ1v) is 3.54. The Labute approximate surface area is 61.7 Å². The van der Waals surface area contributed by atoms with Crippen molar-refractivity contribution in [3.8, 4) is 0 Å². The predicted molar refractivity (Wildman–Crippen MR) is 36.3 cm³/mol. The normalized spacial score (nSPS) is 40.1. The molecule has 52 valence electrons. The van der Waals surface area contributed by atoms with Crippen molar-refractivity contribution in [1.82, 2.24) is 0 Å². The average molecular weight is 194 g/mol. The zero-order valence-corrected chi connectivity index (χ0v) is 6.64. The molecule has 1 fully saturated rings. The van der Waals surface area contributed by atoms with Gasteiger partial charge in [-0.3, -0.25) is 4.79 Å². The van der Waals surface area contributed by atoms with Crippen LogP contribution in [0.1, 0.15) is 6.42 Å². The lowest BCUT2D eigenvalue weighted by Gasteiger charge is -2.04. The van der Waals surface area contributed by atoms with Crippen LogP contribution < -0.4 is 5.73 Å². The highest BCUT2D eigenvalue weighted by Crippen LogP contribution is 2.40. The number of carbonyl (C=O) groups excluding carboxylic acids is 1. The van der Waals surface area contributed by atoms with E-state index in [9.17, 15) is 4.79 Å². The summed E-state index contributed by atoms with van der Waals surface area (Å²) >= 11 is 3.22. The lowest BCUT2D eigenvalue weighted by Crippen LogP contribution is -2.36. The maximum absolute atomic E-state index is 10.7. The summed E-state index contributed by atoms with van der Waals surface area (Å²) in [5.41, 5.74) is 4.80. The minimum absolute atomic E-state index is 0.109. The minimum Gasteiger partial charge on any atom is -0.468 e. The summed E-state index contributed by atoms with van der Waals surface area (Å²) in [7, 11) is 1.34. The van der Waals surface area contributed by atoms with Crippen molar-refractivity contribution in [3.05, 3.63) is 0 Å². The van der Waals surface area contributed by atoms with Gasteiger partial charge in [0.15, 0.2) is 0 Å². The Balaban J connectivity index is 2.53. The van der Waals surface area contributed by atoms with Gasteiger partial charge in [-0.25, -0.2) is 0 Å². The second-order valence-electron chi connectivity index (χ2n) is 2.20. The maximum Gasteiger partial charge on any atom is 0.327 e. The molecule has 1 aliphatic carbocycles. The molecule has 1 aliphatic rings. The molecule has 0 heterocycles. The lowest BCUT2D eigenvalue weighted by atomic mass is 10.3. The van der Waals surface area contributed by atoms with E-state index in [0.717, 1.165) is 0 Å². The van der Waals surface area contributed by atoms with E-state index in [0.29, 0.717) is 6.42 Å². The number of nitrogens with two attached hydrogens (primary N) is 1. The third-order valence-electron chi connectivity index (χ3n) is 1.48. The molecule has 0 radical (unpaired) electrons. The summed E-state index contributed by atoms with van der Waals surface area (Å²) in [5.74, 6) is -0.329. The summed E-state index contributed by atoms with van der Waals surface area (Å²) in [6, 6.07) is 0. The van der Waals surface area contributed by atoms with Crippen molar-refractivity contribution >= 4 is 21.9 Å². The topological polar surface area (TPSA) is 52.3 Å². The second-order valence-corrected chi connectivity index (χ2v) is 3.31. The number of methoxy groups -OCH3 is 1. The number of rotatable bonds is 1. The molecule has 0 spiro atoms. The molecule has 3 nitrogen and oxygen atoms in total. The fraction of sp³-hybridized carbons (Fsp3) is 0.800. The Morgan fingerprint density at radius 3 is 2.56 bits per heavy atom. The molecule has 2 N–H and O–H groups in total. The molecule has 1 saturated carbocycles. The van der Waals surface area contributed by atoms with Gasteiger partial charge in [0, 0.05) is 4.83 Å². The van der Waals surface area contributed by atoms with Crippen LogP contribution in [-0.2, 0) is 9.53 Å². The molecule has 0 saturated heterocycles. The third kappa shape index (κ3) is 0.966. The molecule has 0 aromatic carbocycles. The Morgan fingerprint density at radius 1 is 2.00 bits per heavy atom. The van der Waals surface area contributed by atoms with Gasteiger partial charge in [-0.1, -0.05) is 15.9 Å². The van der Waals surface area contributed by atoms with Crippen molar-refractivity contribution < 1.29 is 9.53 Å². The van der Waals surface area contributed by atoms with Gasteiger partial charge < -0.3 is 10.5 Å². The van der Waals surface area contributed by atoms with Crippen LogP contribution in [0.15, 0.2) is 0 Å². The first-order valence-electron chi connectivity index (χ1n) is 2.62. The zero-order valence-electron chi connectivity index (χ0n) is 5.06. The SMILES string of the molecule is COC(=O)[C@]1(N)C[C@@H]1Br. The smallest absolute Gasteiger partial charge is 0.327 e. The molecule has 0 aromatic heterocycles. The minimum atomic E-state index is -0.727. The number of hydrogen-bond donors (Lipinski definition) is 1. The number of esters is 1. The first kappa shape index (κ1) is 7.02. The van der Waals surface area contributed by atoms with E-state index >= 15 is 0 Å². The molecule has 2 atom stereocenters. The molecule has 0 bridgehead atoms. The zero-order chi connectivity index (χ0) is 7.07. The van der Waals surface area contributed by atoms with Gasteiger partial charge in [0.2, 0.25) is 0 Å². The van der Waals surface area contributed by atoms with E-state index in [-0.39, 0.29) is 10.8 Å². The van der Waals surface area contributed by atoms with Crippen LogP contribution in [0, 0.1) is 0 Å². The number of hydrogen-bond acceptors (Lipinski definition) is 3. The molecular formula is C5H8BrNO2. The van der Waals surface area contributed by atoms with Crippen molar-refractivity contribution in [2.24, 2.45) is 5.73 Å². The highest BCUT2D eigenvalue weighted by molar-refractivity contribution is 9.09. The van der Waals surface area contributed by atoms with E-state index < -0.39 is 5.54 Å². The summed E-state index contributed by atoms with van der Waals surface area (Å²) in [4.78, 5) is 10.8. The van der Waals surface area contributed by atoms with Gasteiger partial charge in [0.05, 0.1) is 7.11 Å². The lowest BCUT2D eigenvalue weighted by molar-refractivity contribution is -0.143. The number of carbonyl (C=O) groups is 1. The first-order chi connectivity index (χ1) is 4.11. The van der Waals surface area contributed by atoms with Gasteiger partial charge in [0.1, 0.15) is 5.54 Å². The summed E-state index contributed by atoms with van der Waals surface area (Å²) in [6.45, 7) is 0. The summed E-state index contributed by atoms with van der Waals surface area (Å²) in [6.07, 6.45) is 0.680. The molecule has 9 heavy (non-hydrogen) atoms. The van der Waals surface area contributed by atoms with Crippen molar-refractivity contribution in [2.45, 2.75) is 16.8 Å². The van der Waals surface area contributed by atoms with Gasteiger partial charge in [-0.15, -0.1) is 0 Å². The number of ether oxygens (including phenoxy) is 1. The number of halogens is 1. The Kier molecular flexibility index (Phi) is 1.52. The van der Waals surface area contributed by atoms with E-state index in [2.05, 4.69) is 20.7 Å². The number of alkyl halides is 1. The van der Waals surface area contributed by atoms with E-state index in [4.69, 9.17) is 5.73 Å². The fourth-order valence-corrected chi connectivity index (χ4v) is 1.36. The third-order valence-corrected chi connectivity index (χ3v) is 2.62. The van der Waals surface area contributed by atoms with Gasteiger partial charge >= 0.3 is 5.97 Å². The Hall–Kier alpha value is -0.0900. The standard InChI is InChI=1S/C5H8BrNO2/c1-9-4(8)5(7)2-3(5)6/h3H,2,7H2,1H3/t3-,5-/m0/s1. The van der Waals surface area contributed by atoms with Crippen molar-refractivity contribution in [2.75, 3.05) is 7.11 Å². The van der Waals surface area contributed by atoms with Crippen LogP contribution in [0.4, 0.5) is 0 Å². The van der Waals surface area contributed by atoms with Crippen LogP contribution in [0.25, 0.3) is 0 Å². The molecule has 0 aliphatic heterocycles. The molecule has 0 aromatic rings. The molecule has 0 amide bonds. The average Bonchev–Trinajstić information content (AvgIpc) is 2.41. The van der Waals surface area contributed by atoms with Crippen molar-refractivity contribution in [3.63, 3.8) is 0 Å². The molecule has 1 rings (SSSR count). The van der Waals surface area contributed by atoms with E-state index in [1.807, 2.05) is 0 Å². The van der Waals surface area contributed by atoms with Crippen LogP contribution in [-0.4, -0.2) is 23.4 Å². The summed E-state index contributed by atoms with van der Waals surface area (Å²) < 4.78 is 4.45. The second kappa shape index (κ2) is 1.95. The fourth-order valence-electron chi connectivity index (χ4n) is 0.639. The highest BCUT2D eigenvalue weighted by atomic mass is 79.9. The van der Waals surface area contributed by atoms with Crippen LogP contribution in [0.3, 0.4) is 0 Å². The quantitative estimate of drug-likeness (QED) is 0.473. The molecular weight excluding hydrogens is 186 g/mol. The van der Waals surface area contributed by atoms with Crippen LogP contribution in [0.5, 0.6) is 0 Å². The molecule has 4 heteroatoms. The Morgan fingerprint density at radius 2 is 2.44 bits per heavy atom. The molecule has 0 unspecified atom stereocenters. The highest BCUT2D eigenvalue weighted by Gasteiger charge is 2.57. The van der Waals surface area contributed by atoms with Gasteiger partial charge in [-0.05, 0) is 6.42 Å². The van der Waals surface area contributed by atoms with Gasteiger partial charge in [-0.2, -0.15) is 0 Å². The van der Waals surface area contributed by atoms with Crippen LogP contribution in [0.2, 0.25) is 0 Å². The Bertz CT molecular complexity index is 150. The maximum atomic E-state index is 10.7. The van der Waals surface area contributed by atoms with Crippen LogP contribution >= 0.6 is 15.9 Å². The monoisotopic (exact) mass is 193 g/mol. The largest absolute Gasteiger partial charge is 0.468 e. The summed E-state index contributed by atoms with van der Waals surface area (Å²) in [5, 5.41) is 0. The van der Waals surface area contributed by atoms with E-state index in [1.54, 1.807) is 0 Å². The van der Waals surface area contributed by atoms with E-state index in [1.165, 1.54) is 7.11 Å². The van der Waals surface area contributed by atoms with Crippen molar-refractivity contribution in [1.29, 1.82) is 0 Å². The predicted octanol–water partition coefficient (Wildman–Crippen LogP) is 0.0241. The van der Waals surface area contributed by atoms with Gasteiger partial charge in [0.25, 0.3) is 0 Å².